The van der Waals surface area contributed by atoms with Crippen LogP contribution in [0.1, 0.15) is 35.0 Å². The maximum Gasteiger partial charge on any atom is 0.261 e. The third-order valence-electron chi connectivity index (χ3n) is 3.19. The Labute approximate surface area is 121 Å². The second kappa shape index (κ2) is 6.33. The summed E-state index contributed by atoms with van der Waals surface area (Å²) in [5.74, 6) is -0.460. The van der Waals surface area contributed by atoms with Crippen molar-refractivity contribution in [3.05, 3.63) is 34.5 Å². The number of nitrogens with one attached hydrogen (secondary N) is 1. The molecule has 2 aromatic rings. The molecule has 0 radical (unpaired) electrons. The van der Waals surface area contributed by atoms with Gasteiger partial charge in [-0.15, -0.1) is 11.3 Å². The number of amides is 1. The van der Waals surface area contributed by atoms with Gasteiger partial charge in [0.15, 0.2) is 0 Å². The zero-order valence-electron chi connectivity index (χ0n) is 11.6. The Kier molecular flexibility index (Phi) is 4.73. The van der Waals surface area contributed by atoms with E-state index in [9.17, 15) is 9.18 Å². The molecule has 1 unspecified atom stereocenters. The summed E-state index contributed by atoms with van der Waals surface area (Å²) in [7, 11) is 0. The molecule has 0 aliphatic rings. The normalized spacial score (nSPS) is 12.6. The third kappa shape index (κ3) is 3.16. The van der Waals surface area contributed by atoms with Gasteiger partial charge in [-0.05, 0) is 44.4 Å². The summed E-state index contributed by atoms with van der Waals surface area (Å²) in [6.45, 7) is 4.01. The highest BCUT2D eigenvalue weighted by Crippen LogP contribution is 2.32. The van der Waals surface area contributed by atoms with Gasteiger partial charge in [-0.25, -0.2) is 4.39 Å². The molecule has 1 atom stereocenters. The molecular formula is C15H18FNO2S. The molecule has 2 rings (SSSR count). The molecule has 0 saturated heterocycles. The van der Waals surface area contributed by atoms with Gasteiger partial charge < -0.3 is 10.4 Å². The first kappa shape index (κ1) is 14.9. The third-order valence-corrected chi connectivity index (χ3v) is 4.45. The fourth-order valence-electron chi connectivity index (χ4n) is 2.15. The van der Waals surface area contributed by atoms with Gasteiger partial charge in [0.2, 0.25) is 0 Å². The number of hydrogen-bond donors (Lipinski definition) is 2. The van der Waals surface area contributed by atoms with Gasteiger partial charge in [-0.1, -0.05) is 6.07 Å². The van der Waals surface area contributed by atoms with Crippen LogP contribution < -0.4 is 5.32 Å². The minimum atomic E-state index is -0.355. The Bertz CT molecular complexity index is 622. The van der Waals surface area contributed by atoms with Crippen LogP contribution >= 0.6 is 11.3 Å². The van der Waals surface area contributed by atoms with Crippen LogP contribution in [0.15, 0.2) is 18.2 Å². The number of aliphatic hydroxyl groups is 1. The van der Waals surface area contributed by atoms with Crippen molar-refractivity contribution < 1.29 is 14.3 Å². The van der Waals surface area contributed by atoms with Crippen LogP contribution in [0, 0.1) is 12.7 Å². The van der Waals surface area contributed by atoms with Gasteiger partial charge >= 0.3 is 0 Å². The summed E-state index contributed by atoms with van der Waals surface area (Å²) in [4.78, 5) is 12.7. The molecule has 3 nitrogen and oxygen atoms in total. The highest BCUT2D eigenvalue weighted by atomic mass is 32.1. The van der Waals surface area contributed by atoms with Crippen molar-refractivity contribution in [2.24, 2.45) is 0 Å². The number of carbonyl (C=O) groups is 1. The van der Waals surface area contributed by atoms with Gasteiger partial charge in [0.25, 0.3) is 5.91 Å². The quantitative estimate of drug-likeness (QED) is 0.832. The van der Waals surface area contributed by atoms with Crippen molar-refractivity contribution in [3.63, 3.8) is 0 Å². The zero-order chi connectivity index (χ0) is 14.7. The van der Waals surface area contributed by atoms with Gasteiger partial charge in [0.1, 0.15) is 5.82 Å². The van der Waals surface area contributed by atoms with Crippen molar-refractivity contribution >= 4 is 27.3 Å². The fourth-order valence-corrected chi connectivity index (χ4v) is 3.29. The predicted molar refractivity (Wildman–Crippen MR) is 79.8 cm³/mol. The number of carbonyl (C=O) groups excluding carboxylic acids is 1. The molecule has 1 aromatic heterocycles. The number of thiophene rings is 1. The van der Waals surface area contributed by atoms with Crippen LogP contribution in [0.3, 0.4) is 0 Å². The molecule has 0 aliphatic carbocycles. The molecule has 20 heavy (non-hydrogen) atoms. The molecule has 0 spiro atoms. The van der Waals surface area contributed by atoms with E-state index in [0.29, 0.717) is 28.8 Å². The Balaban J connectivity index is 2.11. The first-order valence-corrected chi connectivity index (χ1v) is 7.46. The lowest BCUT2D eigenvalue weighted by Crippen LogP contribution is -2.24. The van der Waals surface area contributed by atoms with Crippen LogP contribution in [0.25, 0.3) is 10.1 Å². The molecule has 1 heterocycles. The van der Waals surface area contributed by atoms with Gasteiger partial charge in [0.05, 0.1) is 11.0 Å². The number of fused-ring (bicyclic) bond motifs is 1. The molecule has 1 aromatic carbocycles. The number of aliphatic hydroxyl groups excluding tert-OH is 1. The largest absolute Gasteiger partial charge is 0.393 e. The van der Waals surface area contributed by atoms with Crippen molar-refractivity contribution in [1.29, 1.82) is 0 Å². The Hall–Kier alpha value is -1.46. The first-order chi connectivity index (χ1) is 9.50. The molecule has 108 valence electrons. The average molecular weight is 295 g/mol. The van der Waals surface area contributed by atoms with Crippen molar-refractivity contribution in [2.45, 2.75) is 32.8 Å². The van der Waals surface area contributed by atoms with Gasteiger partial charge in [-0.2, -0.15) is 0 Å². The standard InChI is InChI=1S/C15H18FNO2S/c1-9(18)5-4-8-17-15(19)14-10(2)13-11(16)6-3-7-12(13)20-14/h3,6-7,9,18H,4-5,8H2,1-2H3,(H,17,19). The number of benzene rings is 1. The Morgan fingerprint density at radius 3 is 2.90 bits per heavy atom. The minimum Gasteiger partial charge on any atom is -0.393 e. The van der Waals surface area contributed by atoms with Crippen LogP contribution in [-0.2, 0) is 0 Å². The Morgan fingerprint density at radius 1 is 1.50 bits per heavy atom. The number of halogens is 1. The summed E-state index contributed by atoms with van der Waals surface area (Å²) >= 11 is 1.31. The maximum atomic E-state index is 13.8. The highest BCUT2D eigenvalue weighted by Gasteiger charge is 2.17. The predicted octanol–water partition coefficient (Wildman–Crippen LogP) is 3.24. The van der Waals surface area contributed by atoms with Gasteiger partial charge in [-0.3, -0.25) is 4.79 Å². The second-order valence-electron chi connectivity index (χ2n) is 4.92. The summed E-state index contributed by atoms with van der Waals surface area (Å²) in [6, 6.07) is 4.88. The number of hydrogen-bond acceptors (Lipinski definition) is 3. The summed E-state index contributed by atoms with van der Waals surface area (Å²) < 4.78 is 14.6. The summed E-state index contributed by atoms with van der Waals surface area (Å²) in [6.07, 6.45) is 1.02. The van der Waals surface area contributed by atoms with E-state index < -0.39 is 0 Å². The van der Waals surface area contributed by atoms with Crippen molar-refractivity contribution in [1.82, 2.24) is 5.32 Å². The van der Waals surface area contributed by atoms with Crippen LogP contribution in [-0.4, -0.2) is 23.7 Å². The minimum absolute atomic E-state index is 0.173. The van der Waals surface area contributed by atoms with Crippen molar-refractivity contribution in [2.75, 3.05) is 6.54 Å². The topological polar surface area (TPSA) is 49.3 Å². The van der Waals surface area contributed by atoms with Gasteiger partial charge in [0, 0.05) is 16.6 Å². The lowest BCUT2D eigenvalue weighted by Gasteiger charge is -2.06. The monoisotopic (exact) mass is 295 g/mol. The van der Waals surface area contributed by atoms with Crippen LogP contribution in [0.2, 0.25) is 0 Å². The van der Waals surface area contributed by atoms with E-state index in [1.165, 1.54) is 17.4 Å². The lowest BCUT2D eigenvalue weighted by atomic mass is 10.1. The summed E-state index contributed by atoms with van der Waals surface area (Å²) in [5.41, 5.74) is 0.691. The molecular weight excluding hydrogens is 277 g/mol. The Morgan fingerprint density at radius 2 is 2.25 bits per heavy atom. The molecule has 0 fully saturated rings. The maximum absolute atomic E-state index is 13.8. The van der Waals surface area contributed by atoms with Crippen molar-refractivity contribution in [3.8, 4) is 0 Å². The smallest absolute Gasteiger partial charge is 0.261 e. The van der Waals surface area contributed by atoms with E-state index in [-0.39, 0.29) is 17.8 Å². The van der Waals surface area contributed by atoms with E-state index in [2.05, 4.69) is 5.32 Å². The lowest BCUT2D eigenvalue weighted by molar-refractivity contribution is 0.0953. The molecule has 1 amide bonds. The molecule has 0 saturated carbocycles. The SMILES string of the molecule is Cc1c(C(=O)NCCCC(C)O)sc2cccc(F)c12. The fraction of sp³-hybridized carbons (Fsp3) is 0.400. The van der Waals surface area contributed by atoms with E-state index >= 15 is 0 Å². The first-order valence-electron chi connectivity index (χ1n) is 6.64. The summed E-state index contributed by atoms with van der Waals surface area (Å²) in [5, 5.41) is 12.5. The zero-order valence-corrected chi connectivity index (χ0v) is 12.4. The highest BCUT2D eigenvalue weighted by molar-refractivity contribution is 7.21. The molecule has 2 N–H and O–H groups in total. The molecule has 5 heteroatoms. The number of rotatable bonds is 5. The van der Waals surface area contributed by atoms with E-state index in [1.54, 1.807) is 19.9 Å². The van der Waals surface area contributed by atoms with Crippen LogP contribution in [0.4, 0.5) is 4.39 Å². The van der Waals surface area contributed by atoms with E-state index in [4.69, 9.17) is 5.11 Å². The molecule has 0 aliphatic heterocycles. The van der Waals surface area contributed by atoms with E-state index in [0.717, 1.165) is 11.1 Å². The van der Waals surface area contributed by atoms with E-state index in [1.807, 2.05) is 6.07 Å². The molecule has 0 bridgehead atoms. The second-order valence-corrected chi connectivity index (χ2v) is 5.97. The average Bonchev–Trinajstić information content (AvgIpc) is 2.73. The van der Waals surface area contributed by atoms with Crippen LogP contribution in [0.5, 0.6) is 0 Å². The number of aryl methyl sites for hydroxylation is 1.